The normalized spacial score (nSPS) is 23.0. The van der Waals surface area contributed by atoms with Crippen molar-refractivity contribution < 1.29 is 4.74 Å². The number of aryl methyl sites for hydroxylation is 1. The Hall–Kier alpha value is -0.860. The van der Waals surface area contributed by atoms with Crippen LogP contribution in [-0.4, -0.2) is 19.3 Å². The van der Waals surface area contributed by atoms with Crippen LogP contribution in [0.1, 0.15) is 50.8 Å². The number of hydrogen-bond donors (Lipinski definition) is 1. The molecule has 2 nitrogen and oxygen atoms in total. The maximum atomic E-state index is 5.58. The summed E-state index contributed by atoms with van der Waals surface area (Å²) >= 11 is 0. The van der Waals surface area contributed by atoms with Gasteiger partial charge in [0.05, 0.1) is 6.61 Å². The summed E-state index contributed by atoms with van der Waals surface area (Å²) in [5, 5.41) is 3.72. The fraction of sp³-hybridized carbons (Fsp3) is 0.647. The summed E-state index contributed by atoms with van der Waals surface area (Å²) in [5.74, 6) is 0.658. The standard InChI is InChI=1S/C17H27NO/c1-4-15-7-9-16(10-8-15)13(2)18-14(3)17-6-5-11-19-12-17/h7-10,13-14,17-18H,4-6,11-12H2,1-3H3/t13-,14+,17+/m0/s1. The lowest BCUT2D eigenvalue weighted by molar-refractivity contribution is 0.0405. The zero-order chi connectivity index (χ0) is 13.7. The van der Waals surface area contributed by atoms with Crippen LogP contribution in [0.2, 0.25) is 0 Å². The van der Waals surface area contributed by atoms with Crippen LogP contribution in [-0.2, 0) is 11.2 Å². The van der Waals surface area contributed by atoms with Crippen LogP contribution in [0.4, 0.5) is 0 Å². The Bertz CT molecular complexity index is 367. The Morgan fingerprint density at radius 2 is 2.00 bits per heavy atom. The smallest absolute Gasteiger partial charge is 0.0509 e. The van der Waals surface area contributed by atoms with Crippen molar-refractivity contribution in [1.29, 1.82) is 0 Å². The number of rotatable bonds is 5. The van der Waals surface area contributed by atoms with Gasteiger partial charge >= 0.3 is 0 Å². The molecule has 1 heterocycles. The van der Waals surface area contributed by atoms with Gasteiger partial charge in [-0.15, -0.1) is 0 Å². The van der Waals surface area contributed by atoms with E-state index in [2.05, 4.69) is 50.4 Å². The molecule has 1 aromatic carbocycles. The first-order valence-electron chi connectivity index (χ1n) is 7.63. The molecule has 1 aromatic rings. The van der Waals surface area contributed by atoms with Gasteiger partial charge in [-0.05, 0) is 50.2 Å². The summed E-state index contributed by atoms with van der Waals surface area (Å²) < 4.78 is 5.58. The Morgan fingerprint density at radius 3 is 2.58 bits per heavy atom. The molecule has 0 saturated carbocycles. The molecular formula is C17H27NO. The van der Waals surface area contributed by atoms with Crippen LogP contribution >= 0.6 is 0 Å². The predicted octanol–water partition coefficient (Wildman–Crippen LogP) is 3.71. The molecule has 1 N–H and O–H groups in total. The van der Waals surface area contributed by atoms with Crippen molar-refractivity contribution in [3.05, 3.63) is 35.4 Å². The molecule has 0 aliphatic carbocycles. The lowest BCUT2D eigenvalue weighted by Crippen LogP contribution is -2.39. The summed E-state index contributed by atoms with van der Waals surface area (Å²) in [5.41, 5.74) is 2.78. The molecular weight excluding hydrogens is 234 g/mol. The van der Waals surface area contributed by atoms with Crippen LogP contribution in [0.15, 0.2) is 24.3 Å². The van der Waals surface area contributed by atoms with Gasteiger partial charge in [0.15, 0.2) is 0 Å². The number of ether oxygens (including phenoxy) is 1. The van der Waals surface area contributed by atoms with E-state index in [1.165, 1.54) is 24.0 Å². The highest BCUT2D eigenvalue weighted by Gasteiger charge is 2.21. The fourth-order valence-corrected chi connectivity index (χ4v) is 2.83. The topological polar surface area (TPSA) is 21.3 Å². The minimum atomic E-state index is 0.405. The molecule has 0 radical (unpaired) electrons. The van der Waals surface area contributed by atoms with Gasteiger partial charge < -0.3 is 10.1 Å². The third-order valence-electron chi connectivity index (χ3n) is 4.30. The summed E-state index contributed by atoms with van der Waals surface area (Å²) in [6.07, 6.45) is 3.60. The molecule has 1 aliphatic heterocycles. The van der Waals surface area contributed by atoms with Gasteiger partial charge in [0, 0.05) is 18.7 Å². The minimum Gasteiger partial charge on any atom is -0.381 e. The molecule has 2 heteroatoms. The van der Waals surface area contributed by atoms with Gasteiger partial charge in [-0.1, -0.05) is 31.2 Å². The molecule has 1 fully saturated rings. The van der Waals surface area contributed by atoms with Gasteiger partial charge in [0.25, 0.3) is 0 Å². The zero-order valence-electron chi connectivity index (χ0n) is 12.5. The van der Waals surface area contributed by atoms with Crippen LogP contribution in [0.5, 0.6) is 0 Å². The number of benzene rings is 1. The molecule has 106 valence electrons. The minimum absolute atomic E-state index is 0.405. The van der Waals surface area contributed by atoms with Crippen molar-refractivity contribution in [2.45, 2.75) is 52.1 Å². The van der Waals surface area contributed by atoms with Gasteiger partial charge in [-0.25, -0.2) is 0 Å². The highest BCUT2D eigenvalue weighted by atomic mass is 16.5. The third-order valence-corrected chi connectivity index (χ3v) is 4.30. The molecule has 0 aromatic heterocycles. The quantitative estimate of drug-likeness (QED) is 0.872. The van der Waals surface area contributed by atoms with E-state index in [1.807, 2.05) is 0 Å². The van der Waals surface area contributed by atoms with E-state index < -0.39 is 0 Å². The van der Waals surface area contributed by atoms with E-state index in [9.17, 15) is 0 Å². The van der Waals surface area contributed by atoms with Crippen LogP contribution in [0, 0.1) is 5.92 Å². The van der Waals surface area contributed by atoms with E-state index >= 15 is 0 Å². The first kappa shape index (κ1) is 14.5. The van der Waals surface area contributed by atoms with Crippen molar-refractivity contribution in [2.24, 2.45) is 5.92 Å². The second kappa shape index (κ2) is 7.06. The molecule has 1 aliphatic rings. The van der Waals surface area contributed by atoms with Crippen molar-refractivity contribution in [1.82, 2.24) is 5.32 Å². The average Bonchev–Trinajstić information content (AvgIpc) is 2.48. The summed E-state index contributed by atoms with van der Waals surface area (Å²) in [4.78, 5) is 0. The van der Waals surface area contributed by atoms with Crippen molar-refractivity contribution in [2.75, 3.05) is 13.2 Å². The highest BCUT2D eigenvalue weighted by molar-refractivity contribution is 5.24. The maximum Gasteiger partial charge on any atom is 0.0509 e. The summed E-state index contributed by atoms with van der Waals surface area (Å²) in [7, 11) is 0. The van der Waals surface area contributed by atoms with Gasteiger partial charge in [-0.2, -0.15) is 0 Å². The lowest BCUT2D eigenvalue weighted by Gasteiger charge is -2.30. The fourth-order valence-electron chi connectivity index (χ4n) is 2.83. The summed E-state index contributed by atoms with van der Waals surface area (Å²) in [6.45, 7) is 8.59. The molecule has 2 rings (SSSR count). The van der Waals surface area contributed by atoms with E-state index in [0.29, 0.717) is 18.0 Å². The second-order valence-electron chi connectivity index (χ2n) is 5.75. The second-order valence-corrected chi connectivity index (χ2v) is 5.75. The monoisotopic (exact) mass is 261 g/mol. The Labute approximate surface area is 117 Å². The average molecular weight is 261 g/mol. The zero-order valence-corrected chi connectivity index (χ0v) is 12.5. The SMILES string of the molecule is CCc1ccc([C@H](C)N[C@H](C)[C@@H]2CCCOC2)cc1. The molecule has 0 amide bonds. The Morgan fingerprint density at radius 1 is 1.26 bits per heavy atom. The first-order valence-corrected chi connectivity index (χ1v) is 7.63. The van der Waals surface area contributed by atoms with E-state index in [1.54, 1.807) is 0 Å². The first-order chi connectivity index (χ1) is 9.20. The molecule has 0 unspecified atom stereocenters. The molecule has 3 atom stereocenters. The van der Waals surface area contributed by atoms with Gasteiger partial charge in [0.1, 0.15) is 0 Å². The van der Waals surface area contributed by atoms with E-state index in [4.69, 9.17) is 4.74 Å². The molecule has 1 saturated heterocycles. The van der Waals surface area contributed by atoms with Gasteiger partial charge in [-0.3, -0.25) is 0 Å². The van der Waals surface area contributed by atoms with Crippen molar-refractivity contribution in [3.63, 3.8) is 0 Å². The maximum absolute atomic E-state index is 5.58. The molecule has 0 bridgehead atoms. The number of nitrogens with one attached hydrogen (secondary N) is 1. The lowest BCUT2D eigenvalue weighted by atomic mass is 9.93. The van der Waals surface area contributed by atoms with Gasteiger partial charge in [0.2, 0.25) is 0 Å². The van der Waals surface area contributed by atoms with Crippen molar-refractivity contribution in [3.8, 4) is 0 Å². The predicted molar refractivity (Wildman–Crippen MR) is 80.4 cm³/mol. The van der Waals surface area contributed by atoms with E-state index in [-0.39, 0.29) is 0 Å². The van der Waals surface area contributed by atoms with Crippen LogP contribution in [0.25, 0.3) is 0 Å². The summed E-state index contributed by atoms with van der Waals surface area (Å²) in [6, 6.07) is 9.90. The molecule has 19 heavy (non-hydrogen) atoms. The van der Waals surface area contributed by atoms with E-state index in [0.717, 1.165) is 19.6 Å². The Kier molecular flexibility index (Phi) is 5.41. The molecule has 0 spiro atoms. The number of hydrogen-bond acceptors (Lipinski definition) is 2. The Balaban J connectivity index is 1.89. The van der Waals surface area contributed by atoms with Crippen LogP contribution < -0.4 is 5.32 Å². The highest BCUT2D eigenvalue weighted by Crippen LogP contribution is 2.21. The van der Waals surface area contributed by atoms with Crippen LogP contribution in [0.3, 0.4) is 0 Å². The largest absolute Gasteiger partial charge is 0.381 e. The third kappa shape index (κ3) is 4.05. The van der Waals surface area contributed by atoms with Crippen molar-refractivity contribution >= 4 is 0 Å².